The van der Waals surface area contributed by atoms with Crippen LogP contribution in [0.2, 0.25) is 5.02 Å². The summed E-state index contributed by atoms with van der Waals surface area (Å²) in [6, 6.07) is 5.90. The Bertz CT molecular complexity index is 510. The molecular formula is C12H13BrClN3. The van der Waals surface area contributed by atoms with Crippen LogP contribution in [0.25, 0.3) is 0 Å². The molecule has 2 aromatic rings. The van der Waals surface area contributed by atoms with Crippen molar-refractivity contribution in [2.45, 2.75) is 13.1 Å². The number of halogens is 2. The molecule has 1 N–H and O–H groups in total. The van der Waals surface area contributed by atoms with Crippen LogP contribution in [0.15, 0.2) is 35.1 Å². The number of rotatable bonds is 4. The molecule has 17 heavy (non-hydrogen) atoms. The summed E-state index contributed by atoms with van der Waals surface area (Å²) in [6.45, 7) is 1.47. The van der Waals surface area contributed by atoms with Gasteiger partial charge in [-0.2, -0.15) is 0 Å². The number of nitrogens with zero attached hydrogens (tertiary/aromatic N) is 2. The molecule has 3 nitrogen and oxygen atoms in total. The highest BCUT2D eigenvalue weighted by atomic mass is 79.9. The molecule has 0 unspecified atom stereocenters. The minimum atomic E-state index is 0.732. The summed E-state index contributed by atoms with van der Waals surface area (Å²) in [5.74, 6) is 1.01. The van der Waals surface area contributed by atoms with Gasteiger partial charge < -0.3 is 9.88 Å². The number of hydrogen-bond donors (Lipinski definition) is 1. The first-order chi connectivity index (χ1) is 8.16. The molecule has 0 aliphatic heterocycles. The zero-order valence-electron chi connectivity index (χ0n) is 9.45. The van der Waals surface area contributed by atoms with E-state index in [0.717, 1.165) is 34.0 Å². The van der Waals surface area contributed by atoms with Gasteiger partial charge in [0.2, 0.25) is 0 Å². The lowest BCUT2D eigenvalue weighted by atomic mass is 10.2. The second kappa shape index (κ2) is 5.67. The lowest BCUT2D eigenvalue weighted by molar-refractivity contribution is 0.639. The van der Waals surface area contributed by atoms with Gasteiger partial charge in [-0.05, 0) is 17.7 Å². The lowest BCUT2D eigenvalue weighted by Gasteiger charge is -2.07. The Hall–Kier alpha value is -0.840. The van der Waals surface area contributed by atoms with Crippen LogP contribution >= 0.6 is 27.5 Å². The highest BCUT2D eigenvalue weighted by molar-refractivity contribution is 9.10. The van der Waals surface area contributed by atoms with Crippen LogP contribution in [0, 0.1) is 0 Å². The van der Waals surface area contributed by atoms with Gasteiger partial charge in [-0.15, -0.1) is 0 Å². The van der Waals surface area contributed by atoms with Crippen molar-refractivity contribution in [3.63, 3.8) is 0 Å². The predicted octanol–water partition coefficient (Wildman–Crippen LogP) is 3.13. The normalized spacial score (nSPS) is 10.8. The topological polar surface area (TPSA) is 29.9 Å². The highest BCUT2D eigenvalue weighted by Gasteiger charge is 2.02. The van der Waals surface area contributed by atoms with Crippen LogP contribution in [0.3, 0.4) is 0 Å². The average molecular weight is 315 g/mol. The third-order valence-corrected chi connectivity index (χ3v) is 3.38. The van der Waals surface area contributed by atoms with Crippen LogP contribution in [-0.4, -0.2) is 9.55 Å². The van der Waals surface area contributed by atoms with E-state index in [1.165, 1.54) is 0 Å². The van der Waals surface area contributed by atoms with E-state index in [9.17, 15) is 0 Å². The Kier molecular flexibility index (Phi) is 4.20. The van der Waals surface area contributed by atoms with E-state index in [1.807, 2.05) is 36.0 Å². The maximum atomic E-state index is 6.13. The molecule has 0 bridgehead atoms. The monoisotopic (exact) mass is 313 g/mol. The Labute approximate surface area is 114 Å². The van der Waals surface area contributed by atoms with Gasteiger partial charge in [0, 0.05) is 35.5 Å². The number of aromatic nitrogens is 2. The molecule has 0 aliphatic rings. The lowest BCUT2D eigenvalue weighted by Crippen LogP contribution is -2.15. The van der Waals surface area contributed by atoms with Crippen LogP contribution in [-0.2, 0) is 20.1 Å². The fraction of sp³-hybridized carbons (Fsp3) is 0.250. The third-order valence-electron chi connectivity index (χ3n) is 2.53. The summed E-state index contributed by atoms with van der Waals surface area (Å²) in [5.41, 5.74) is 1.09. The van der Waals surface area contributed by atoms with Crippen LogP contribution in [0.1, 0.15) is 11.4 Å². The third kappa shape index (κ3) is 3.31. The maximum absolute atomic E-state index is 6.13. The molecule has 0 amide bonds. The number of benzene rings is 1. The van der Waals surface area contributed by atoms with Crippen molar-refractivity contribution in [2.75, 3.05) is 0 Å². The first-order valence-corrected chi connectivity index (χ1v) is 6.45. The number of aryl methyl sites for hydroxylation is 1. The van der Waals surface area contributed by atoms with Crippen molar-refractivity contribution < 1.29 is 0 Å². The summed E-state index contributed by atoms with van der Waals surface area (Å²) in [4.78, 5) is 4.24. The van der Waals surface area contributed by atoms with Crippen molar-refractivity contribution in [2.24, 2.45) is 7.05 Å². The second-order valence-corrected chi connectivity index (χ2v) is 5.12. The Morgan fingerprint density at radius 2 is 2.24 bits per heavy atom. The molecule has 5 heteroatoms. The Morgan fingerprint density at radius 3 is 2.88 bits per heavy atom. The summed E-state index contributed by atoms with van der Waals surface area (Å²) in [7, 11) is 1.98. The molecule has 90 valence electrons. The SMILES string of the molecule is Cn1ccnc1CNCc1ccc(Br)cc1Cl. The van der Waals surface area contributed by atoms with E-state index in [1.54, 1.807) is 6.20 Å². The summed E-state index contributed by atoms with van der Waals surface area (Å²) >= 11 is 9.52. The summed E-state index contributed by atoms with van der Waals surface area (Å²) in [6.07, 6.45) is 3.73. The zero-order chi connectivity index (χ0) is 12.3. The molecule has 0 fully saturated rings. The van der Waals surface area contributed by atoms with E-state index in [0.29, 0.717) is 0 Å². The maximum Gasteiger partial charge on any atom is 0.122 e. The number of imidazole rings is 1. The molecule has 0 saturated carbocycles. The molecule has 1 aromatic heterocycles. The van der Waals surface area contributed by atoms with Crippen LogP contribution in [0.4, 0.5) is 0 Å². The Balaban J connectivity index is 1.92. The van der Waals surface area contributed by atoms with E-state index in [2.05, 4.69) is 26.2 Å². The molecule has 0 aliphatic carbocycles. The largest absolute Gasteiger partial charge is 0.337 e. The van der Waals surface area contributed by atoms with E-state index in [-0.39, 0.29) is 0 Å². The smallest absolute Gasteiger partial charge is 0.122 e. The first kappa shape index (κ1) is 12.6. The van der Waals surface area contributed by atoms with Crippen molar-refractivity contribution in [3.8, 4) is 0 Å². The van der Waals surface area contributed by atoms with E-state index in [4.69, 9.17) is 11.6 Å². The fourth-order valence-corrected chi connectivity index (χ4v) is 2.28. The standard InChI is InChI=1S/C12H13BrClN3/c1-17-5-4-16-12(17)8-15-7-9-2-3-10(13)6-11(9)14/h2-6,15H,7-8H2,1H3. The number of hydrogen-bond acceptors (Lipinski definition) is 2. The quantitative estimate of drug-likeness (QED) is 0.939. The molecule has 0 spiro atoms. The highest BCUT2D eigenvalue weighted by Crippen LogP contribution is 2.21. The molecule has 0 atom stereocenters. The minimum absolute atomic E-state index is 0.732. The number of nitrogens with one attached hydrogen (secondary N) is 1. The fourth-order valence-electron chi connectivity index (χ4n) is 1.54. The van der Waals surface area contributed by atoms with Gasteiger partial charge in [-0.3, -0.25) is 0 Å². The van der Waals surface area contributed by atoms with Gasteiger partial charge in [0.1, 0.15) is 5.82 Å². The van der Waals surface area contributed by atoms with Crippen LogP contribution in [0.5, 0.6) is 0 Å². The average Bonchev–Trinajstić information content (AvgIpc) is 2.68. The molecule has 0 radical (unpaired) electrons. The second-order valence-electron chi connectivity index (χ2n) is 3.79. The minimum Gasteiger partial charge on any atom is -0.337 e. The van der Waals surface area contributed by atoms with Gasteiger partial charge in [0.05, 0.1) is 6.54 Å². The van der Waals surface area contributed by atoms with Crippen molar-refractivity contribution in [3.05, 3.63) is 51.5 Å². The van der Waals surface area contributed by atoms with E-state index < -0.39 is 0 Å². The van der Waals surface area contributed by atoms with E-state index >= 15 is 0 Å². The molecule has 0 saturated heterocycles. The summed E-state index contributed by atoms with van der Waals surface area (Å²) < 4.78 is 2.99. The van der Waals surface area contributed by atoms with Gasteiger partial charge in [0.15, 0.2) is 0 Å². The Morgan fingerprint density at radius 1 is 1.41 bits per heavy atom. The molecule has 2 rings (SSSR count). The van der Waals surface area contributed by atoms with Gasteiger partial charge in [-0.1, -0.05) is 33.6 Å². The summed E-state index contributed by atoms with van der Waals surface area (Å²) in [5, 5.41) is 4.09. The van der Waals surface area contributed by atoms with Crippen molar-refractivity contribution in [1.82, 2.24) is 14.9 Å². The van der Waals surface area contributed by atoms with Gasteiger partial charge in [-0.25, -0.2) is 4.98 Å². The predicted molar refractivity (Wildman–Crippen MR) is 72.9 cm³/mol. The first-order valence-electron chi connectivity index (χ1n) is 5.27. The zero-order valence-corrected chi connectivity index (χ0v) is 11.8. The van der Waals surface area contributed by atoms with Crippen molar-refractivity contribution in [1.29, 1.82) is 0 Å². The van der Waals surface area contributed by atoms with Crippen LogP contribution < -0.4 is 5.32 Å². The van der Waals surface area contributed by atoms with Gasteiger partial charge in [0.25, 0.3) is 0 Å². The van der Waals surface area contributed by atoms with Crippen molar-refractivity contribution >= 4 is 27.5 Å². The molecular weight excluding hydrogens is 302 g/mol. The molecule has 1 aromatic carbocycles. The molecule has 1 heterocycles. The van der Waals surface area contributed by atoms with Gasteiger partial charge >= 0.3 is 0 Å².